The predicted molar refractivity (Wildman–Crippen MR) is 100 cm³/mol. The summed E-state index contributed by atoms with van der Waals surface area (Å²) in [6.07, 6.45) is 0. The summed E-state index contributed by atoms with van der Waals surface area (Å²) < 4.78 is 0. The highest BCUT2D eigenvalue weighted by molar-refractivity contribution is 5.89. The average molecular weight is 332 g/mol. The van der Waals surface area contributed by atoms with Crippen molar-refractivity contribution >= 4 is 11.7 Å². The van der Waals surface area contributed by atoms with Crippen molar-refractivity contribution in [1.29, 1.82) is 0 Å². The van der Waals surface area contributed by atoms with Crippen LogP contribution in [-0.2, 0) is 0 Å². The second-order valence-electron chi connectivity index (χ2n) is 5.69. The molecule has 0 aliphatic heterocycles. The smallest absolute Gasteiger partial charge is 0.319 e. The fourth-order valence-corrected chi connectivity index (χ4v) is 2.62. The maximum absolute atomic E-state index is 12.2. The summed E-state index contributed by atoms with van der Waals surface area (Å²) in [4.78, 5) is 12.2. The van der Waals surface area contributed by atoms with Gasteiger partial charge in [0.15, 0.2) is 0 Å². The second kappa shape index (κ2) is 8.13. The predicted octanol–water partition coefficient (Wildman–Crippen LogP) is 4.21. The first-order valence-electron chi connectivity index (χ1n) is 8.15. The van der Waals surface area contributed by atoms with E-state index >= 15 is 0 Å². The quantitative estimate of drug-likeness (QED) is 0.655. The number of rotatable bonds is 5. The van der Waals surface area contributed by atoms with E-state index in [0.29, 0.717) is 5.69 Å². The van der Waals surface area contributed by atoms with E-state index in [1.54, 1.807) is 0 Å². The Morgan fingerprint density at radius 2 is 1.36 bits per heavy atom. The molecule has 0 aliphatic carbocycles. The molecule has 3 aromatic carbocycles. The van der Waals surface area contributed by atoms with E-state index in [-0.39, 0.29) is 12.6 Å². The van der Waals surface area contributed by atoms with Crippen LogP contribution >= 0.6 is 0 Å². The molecule has 3 rings (SSSR count). The molecule has 126 valence electrons. The molecule has 0 saturated heterocycles. The Labute approximate surface area is 147 Å². The maximum Gasteiger partial charge on any atom is 0.319 e. The van der Waals surface area contributed by atoms with Crippen LogP contribution in [0.1, 0.15) is 11.6 Å². The Kier molecular flexibility index (Phi) is 5.44. The largest absolute Gasteiger partial charge is 0.394 e. The van der Waals surface area contributed by atoms with Crippen molar-refractivity contribution in [3.05, 3.63) is 90.5 Å². The molecule has 0 fully saturated rings. The normalized spacial score (nSPS) is 11.6. The molecular formula is C21H20N2O2. The molecule has 0 aliphatic rings. The molecule has 4 heteroatoms. The van der Waals surface area contributed by atoms with Gasteiger partial charge in [-0.2, -0.15) is 0 Å². The summed E-state index contributed by atoms with van der Waals surface area (Å²) in [7, 11) is 0. The molecule has 0 spiro atoms. The van der Waals surface area contributed by atoms with E-state index in [1.165, 1.54) is 0 Å². The highest BCUT2D eigenvalue weighted by Crippen LogP contribution is 2.21. The van der Waals surface area contributed by atoms with Crippen molar-refractivity contribution in [1.82, 2.24) is 5.32 Å². The molecule has 3 aromatic rings. The van der Waals surface area contributed by atoms with E-state index in [4.69, 9.17) is 0 Å². The zero-order valence-corrected chi connectivity index (χ0v) is 13.7. The fourth-order valence-electron chi connectivity index (χ4n) is 2.62. The standard InChI is InChI=1S/C21H20N2O2/c24-15-20(18-9-5-2-6-10-18)23-21(25)22-19-13-11-17(12-14-19)16-7-3-1-4-8-16/h1-14,20,24H,15H2,(H2,22,23,25)/t20-/m1/s1. The van der Waals surface area contributed by atoms with Crippen LogP contribution in [0.5, 0.6) is 0 Å². The monoisotopic (exact) mass is 332 g/mol. The van der Waals surface area contributed by atoms with Crippen LogP contribution in [0.4, 0.5) is 10.5 Å². The second-order valence-corrected chi connectivity index (χ2v) is 5.69. The first kappa shape index (κ1) is 16.7. The van der Waals surface area contributed by atoms with Crippen molar-refractivity contribution in [2.45, 2.75) is 6.04 Å². The molecule has 0 saturated carbocycles. The lowest BCUT2D eigenvalue weighted by molar-refractivity contribution is 0.225. The third-order valence-corrected chi connectivity index (χ3v) is 3.94. The summed E-state index contributed by atoms with van der Waals surface area (Å²) in [5.74, 6) is 0. The number of benzene rings is 3. The van der Waals surface area contributed by atoms with Crippen molar-refractivity contribution in [3.8, 4) is 11.1 Å². The number of aliphatic hydroxyl groups excluding tert-OH is 1. The summed E-state index contributed by atoms with van der Waals surface area (Å²) >= 11 is 0. The van der Waals surface area contributed by atoms with Gasteiger partial charge in [0.25, 0.3) is 0 Å². The average Bonchev–Trinajstić information content (AvgIpc) is 2.68. The minimum atomic E-state index is -0.440. The number of aliphatic hydroxyl groups is 1. The molecule has 3 N–H and O–H groups in total. The lowest BCUT2D eigenvalue weighted by Crippen LogP contribution is -2.34. The Balaban J connectivity index is 1.63. The summed E-state index contributed by atoms with van der Waals surface area (Å²) in [5.41, 5.74) is 3.77. The molecule has 0 heterocycles. The molecule has 0 unspecified atom stereocenters. The number of anilines is 1. The number of hydrogen-bond acceptors (Lipinski definition) is 2. The van der Waals surface area contributed by atoms with Crippen LogP contribution in [0.2, 0.25) is 0 Å². The lowest BCUT2D eigenvalue weighted by atomic mass is 10.1. The van der Waals surface area contributed by atoms with Gasteiger partial charge >= 0.3 is 6.03 Å². The SMILES string of the molecule is O=C(Nc1ccc(-c2ccccc2)cc1)N[C@H](CO)c1ccccc1. The van der Waals surface area contributed by atoms with Crippen LogP contribution in [0.3, 0.4) is 0 Å². The van der Waals surface area contributed by atoms with Crippen LogP contribution in [0, 0.1) is 0 Å². The van der Waals surface area contributed by atoms with E-state index in [9.17, 15) is 9.90 Å². The molecule has 0 radical (unpaired) electrons. The highest BCUT2D eigenvalue weighted by Gasteiger charge is 2.13. The minimum Gasteiger partial charge on any atom is -0.394 e. The number of nitrogens with one attached hydrogen (secondary N) is 2. The first-order chi connectivity index (χ1) is 12.3. The van der Waals surface area contributed by atoms with Gasteiger partial charge in [0, 0.05) is 5.69 Å². The van der Waals surface area contributed by atoms with E-state index in [1.807, 2.05) is 84.9 Å². The third-order valence-electron chi connectivity index (χ3n) is 3.94. The van der Waals surface area contributed by atoms with Gasteiger partial charge < -0.3 is 15.7 Å². The highest BCUT2D eigenvalue weighted by atomic mass is 16.3. The Bertz CT molecular complexity index is 802. The van der Waals surface area contributed by atoms with Gasteiger partial charge in [0.2, 0.25) is 0 Å². The fraction of sp³-hybridized carbons (Fsp3) is 0.0952. The minimum absolute atomic E-state index is 0.162. The van der Waals surface area contributed by atoms with E-state index in [2.05, 4.69) is 10.6 Å². The zero-order valence-electron chi connectivity index (χ0n) is 13.7. The zero-order chi connectivity index (χ0) is 17.5. The van der Waals surface area contributed by atoms with Gasteiger partial charge in [0.05, 0.1) is 12.6 Å². The van der Waals surface area contributed by atoms with Gasteiger partial charge in [-0.3, -0.25) is 0 Å². The van der Waals surface area contributed by atoms with Crippen molar-refractivity contribution in [2.24, 2.45) is 0 Å². The Morgan fingerprint density at radius 1 is 0.800 bits per heavy atom. The Morgan fingerprint density at radius 3 is 1.96 bits per heavy atom. The van der Waals surface area contributed by atoms with Crippen LogP contribution < -0.4 is 10.6 Å². The third kappa shape index (κ3) is 4.46. The lowest BCUT2D eigenvalue weighted by Gasteiger charge is -2.17. The van der Waals surface area contributed by atoms with Gasteiger partial charge in [-0.1, -0.05) is 72.8 Å². The van der Waals surface area contributed by atoms with Crippen LogP contribution in [0.25, 0.3) is 11.1 Å². The summed E-state index contributed by atoms with van der Waals surface area (Å²) in [6.45, 7) is -0.162. The molecule has 0 bridgehead atoms. The molecule has 2 amide bonds. The van der Waals surface area contributed by atoms with E-state index < -0.39 is 6.04 Å². The topological polar surface area (TPSA) is 61.4 Å². The number of amides is 2. The number of carbonyl (C=O) groups is 1. The number of hydrogen-bond donors (Lipinski definition) is 3. The summed E-state index contributed by atoms with van der Waals surface area (Å²) in [6, 6.07) is 26.3. The van der Waals surface area contributed by atoms with Gasteiger partial charge in [-0.05, 0) is 28.8 Å². The van der Waals surface area contributed by atoms with Crippen molar-refractivity contribution < 1.29 is 9.90 Å². The van der Waals surface area contributed by atoms with Crippen molar-refractivity contribution in [2.75, 3.05) is 11.9 Å². The van der Waals surface area contributed by atoms with Gasteiger partial charge in [0.1, 0.15) is 0 Å². The molecule has 25 heavy (non-hydrogen) atoms. The number of carbonyl (C=O) groups excluding carboxylic acids is 1. The van der Waals surface area contributed by atoms with Crippen LogP contribution in [0.15, 0.2) is 84.9 Å². The first-order valence-corrected chi connectivity index (χ1v) is 8.15. The van der Waals surface area contributed by atoms with Gasteiger partial charge in [-0.15, -0.1) is 0 Å². The Hall–Kier alpha value is -3.11. The van der Waals surface area contributed by atoms with Crippen LogP contribution in [-0.4, -0.2) is 17.7 Å². The summed E-state index contributed by atoms with van der Waals surface area (Å²) in [5, 5.41) is 15.1. The molecule has 4 nitrogen and oxygen atoms in total. The van der Waals surface area contributed by atoms with E-state index in [0.717, 1.165) is 16.7 Å². The van der Waals surface area contributed by atoms with Gasteiger partial charge in [-0.25, -0.2) is 4.79 Å². The van der Waals surface area contributed by atoms with Crippen molar-refractivity contribution in [3.63, 3.8) is 0 Å². The maximum atomic E-state index is 12.2. The molecule has 0 aromatic heterocycles. The molecule has 1 atom stereocenters. The number of urea groups is 1. The molecular weight excluding hydrogens is 312 g/mol.